The summed E-state index contributed by atoms with van der Waals surface area (Å²) in [7, 11) is 1.66. The summed E-state index contributed by atoms with van der Waals surface area (Å²) >= 11 is 0. The van der Waals surface area contributed by atoms with Crippen LogP contribution in [0, 0.1) is 0 Å². The summed E-state index contributed by atoms with van der Waals surface area (Å²) in [6.45, 7) is 6.29. The summed E-state index contributed by atoms with van der Waals surface area (Å²) in [5, 5.41) is 22.6. The minimum absolute atomic E-state index is 0.150. The van der Waals surface area contributed by atoms with Crippen LogP contribution in [0.25, 0.3) is 0 Å². The minimum Gasteiger partial charge on any atom is -0.508 e. The second kappa shape index (κ2) is 5.49. The number of aliphatic hydroxyl groups is 1. The highest BCUT2D eigenvalue weighted by Crippen LogP contribution is 2.59. The molecule has 0 radical (unpaired) electrons. The Morgan fingerprint density at radius 2 is 2.00 bits per heavy atom. The van der Waals surface area contributed by atoms with E-state index in [2.05, 4.69) is 13.8 Å². The number of ether oxygens (including phenoxy) is 2. The van der Waals surface area contributed by atoms with Crippen molar-refractivity contribution in [3.05, 3.63) is 33.9 Å². The molecular weight excluding hydrogens is 332 g/mol. The molecule has 1 aromatic carbocycles. The van der Waals surface area contributed by atoms with E-state index in [4.69, 9.17) is 9.47 Å². The van der Waals surface area contributed by atoms with Crippen LogP contribution in [0.3, 0.4) is 0 Å². The maximum atomic E-state index is 12.0. The summed E-state index contributed by atoms with van der Waals surface area (Å²) in [4.78, 5) is 12.0. The maximum absolute atomic E-state index is 12.0. The molecule has 2 N–H and O–H groups in total. The molecule has 1 aliphatic heterocycles. The van der Waals surface area contributed by atoms with Gasteiger partial charge >= 0.3 is 5.97 Å². The van der Waals surface area contributed by atoms with Crippen LogP contribution in [0.5, 0.6) is 11.5 Å². The first-order chi connectivity index (χ1) is 12.2. The van der Waals surface area contributed by atoms with Gasteiger partial charge in [-0.05, 0) is 37.7 Å². The highest BCUT2D eigenvalue weighted by Gasteiger charge is 2.59. The molecule has 0 fully saturated rings. The third-order valence-corrected chi connectivity index (χ3v) is 6.75. The Hall–Kier alpha value is -2.01. The van der Waals surface area contributed by atoms with Gasteiger partial charge in [-0.15, -0.1) is 0 Å². The van der Waals surface area contributed by atoms with Crippen LogP contribution in [-0.2, 0) is 21.4 Å². The topological polar surface area (TPSA) is 76.0 Å². The summed E-state index contributed by atoms with van der Waals surface area (Å²) < 4.78 is 11.0. The molecule has 0 amide bonds. The fraction of sp³-hybridized carbons (Fsp3) is 0.571. The fourth-order valence-corrected chi connectivity index (χ4v) is 5.29. The molecule has 0 saturated heterocycles. The molecule has 2 aliphatic carbocycles. The standard InChI is InChI=1S/C21H26O5/c1-11(2)14-9-16(22)17-13(18(14)25-4)6-8-21(24)15-10-26-19(23)12(15)5-7-20(17,21)3/h9,11,22,24H,5-8,10H2,1-4H3/t20-,21-/m0/s1. The van der Waals surface area contributed by atoms with Gasteiger partial charge in [-0.1, -0.05) is 20.8 Å². The van der Waals surface area contributed by atoms with E-state index in [-0.39, 0.29) is 24.2 Å². The Bertz CT molecular complexity index is 837. The quantitative estimate of drug-likeness (QED) is 0.795. The zero-order chi connectivity index (χ0) is 18.9. The number of rotatable bonds is 2. The molecule has 3 aliphatic rings. The van der Waals surface area contributed by atoms with Gasteiger partial charge in [0.1, 0.15) is 18.1 Å². The van der Waals surface area contributed by atoms with Crippen molar-refractivity contribution in [1.82, 2.24) is 0 Å². The summed E-state index contributed by atoms with van der Waals surface area (Å²) in [5.41, 5.74) is 2.19. The van der Waals surface area contributed by atoms with Crippen LogP contribution < -0.4 is 4.74 Å². The van der Waals surface area contributed by atoms with Crippen molar-refractivity contribution in [3.63, 3.8) is 0 Å². The maximum Gasteiger partial charge on any atom is 0.334 e. The largest absolute Gasteiger partial charge is 0.508 e. The number of fused-ring (bicyclic) bond motifs is 4. The van der Waals surface area contributed by atoms with E-state index in [1.54, 1.807) is 13.2 Å². The predicted octanol–water partition coefficient (Wildman–Crippen LogP) is 3.11. The number of phenols is 1. The molecule has 26 heavy (non-hydrogen) atoms. The zero-order valence-electron chi connectivity index (χ0n) is 15.8. The first-order valence-electron chi connectivity index (χ1n) is 9.30. The van der Waals surface area contributed by atoms with Crippen molar-refractivity contribution in [2.45, 2.75) is 63.4 Å². The van der Waals surface area contributed by atoms with Gasteiger partial charge in [0.2, 0.25) is 0 Å². The van der Waals surface area contributed by atoms with Crippen molar-refractivity contribution in [3.8, 4) is 11.5 Å². The monoisotopic (exact) mass is 358 g/mol. The van der Waals surface area contributed by atoms with Gasteiger partial charge < -0.3 is 19.7 Å². The normalized spacial score (nSPS) is 30.0. The van der Waals surface area contributed by atoms with Crippen molar-refractivity contribution < 1.29 is 24.5 Å². The summed E-state index contributed by atoms with van der Waals surface area (Å²) in [6.07, 6.45) is 2.22. The lowest BCUT2D eigenvalue weighted by atomic mass is 9.53. The molecule has 0 aromatic heterocycles. The number of cyclic esters (lactones) is 1. The van der Waals surface area contributed by atoms with Gasteiger partial charge in [0.05, 0.1) is 12.7 Å². The number of hydrogen-bond acceptors (Lipinski definition) is 5. The number of carbonyl (C=O) groups excluding carboxylic acids is 1. The number of benzene rings is 1. The lowest BCUT2D eigenvalue weighted by Crippen LogP contribution is -2.56. The molecule has 1 heterocycles. The highest BCUT2D eigenvalue weighted by atomic mass is 16.5. The van der Waals surface area contributed by atoms with Gasteiger partial charge in [-0.2, -0.15) is 0 Å². The molecule has 140 valence electrons. The number of carbonyl (C=O) groups is 1. The van der Waals surface area contributed by atoms with Crippen molar-refractivity contribution >= 4 is 5.97 Å². The van der Waals surface area contributed by atoms with Gasteiger partial charge in [-0.3, -0.25) is 0 Å². The minimum atomic E-state index is -1.18. The van der Waals surface area contributed by atoms with E-state index in [1.807, 2.05) is 6.92 Å². The first kappa shape index (κ1) is 17.4. The second-order valence-corrected chi connectivity index (χ2v) is 8.25. The Labute approximate surface area is 153 Å². The van der Waals surface area contributed by atoms with Crippen molar-refractivity contribution in [1.29, 1.82) is 0 Å². The fourth-order valence-electron chi connectivity index (χ4n) is 5.29. The van der Waals surface area contributed by atoms with Gasteiger partial charge in [0.25, 0.3) is 0 Å². The smallest absolute Gasteiger partial charge is 0.334 e. The van der Waals surface area contributed by atoms with E-state index in [9.17, 15) is 15.0 Å². The Kier molecular flexibility index (Phi) is 3.68. The Balaban J connectivity index is 1.96. The van der Waals surface area contributed by atoms with Crippen LogP contribution in [-0.4, -0.2) is 35.5 Å². The average molecular weight is 358 g/mol. The lowest BCUT2D eigenvalue weighted by Gasteiger charge is -2.53. The summed E-state index contributed by atoms with van der Waals surface area (Å²) in [5.74, 6) is 0.934. The Morgan fingerprint density at radius 1 is 1.27 bits per heavy atom. The lowest BCUT2D eigenvalue weighted by molar-refractivity contribution is -0.136. The number of phenolic OH excluding ortho intramolecular Hbond substituents is 1. The Morgan fingerprint density at radius 3 is 2.65 bits per heavy atom. The predicted molar refractivity (Wildman–Crippen MR) is 96.6 cm³/mol. The molecule has 5 nitrogen and oxygen atoms in total. The molecule has 2 atom stereocenters. The second-order valence-electron chi connectivity index (χ2n) is 8.25. The van der Waals surface area contributed by atoms with Gasteiger partial charge in [0, 0.05) is 33.3 Å². The van der Waals surface area contributed by atoms with Crippen LogP contribution in [0.1, 0.15) is 62.6 Å². The molecule has 1 aromatic rings. The van der Waals surface area contributed by atoms with Gasteiger partial charge in [-0.25, -0.2) is 4.79 Å². The van der Waals surface area contributed by atoms with Crippen molar-refractivity contribution in [2.24, 2.45) is 0 Å². The molecule has 0 bridgehead atoms. The zero-order valence-corrected chi connectivity index (χ0v) is 15.8. The highest BCUT2D eigenvalue weighted by molar-refractivity contribution is 5.93. The molecule has 0 unspecified atom stereocenters. The SMILES string of the molecule is COc1c(C(C)C)cc(O)c2c1CC[C@]1(O)C3=C(CC[C@@]21C)C(=O)OC3. The molecule has 5 heteroatoms. The summed E-state index contributed by atoms with van der Waals surface area (Å²) in [6, 6.07) is 1.78. The third-order valence-electron chi connectivity index (χ3n) is 6.75. The van der Waals surface area contributed by atoms with Crippen molar-refractivity contribution in [2.75, 3.05) is 13.7 Å². The van der Waals surface area contributed by atoms with Crippen LogP contribution in [0.2, 0.25) is 0 Å². The van der Waals surface area contributed by atoms with E-state index in [1.165, 1.54) is 0 Å². The average Bonchev–Trinajstić information content (AvgIpc) is 2.97. The number of methoxy groups -OCH3 is 1. The third kappa shape index (κ3) is 1.98. The van der Waals surface area contributed by atoms with Crippen LogP contribution in [0.15, 0.2) is 17.2 Å². The molecule has 0 saturated carbocycles. The molecule has 4 rings (SSSR count). The van der Waals surface area contributed by atoms with E-state index in [0.717, 1.165) is 22.4 Å². The van der Waals surface area contributed by atoms with Crippen LogP contribution >= 0.6 is 0 Å². The van der Waals surface area contributed by atoms with Crippen LogP contribution in [0.4, 0.5) is 0 Å². The van der Waals surface area contributed by atoms with E-state index >= 15 is 0 Å². The van der Waals surface area contributed by atoms with Gasteiger partial charge in [0.15, 0.2) is 0 Å². The molecular formula is C21H26O5. The molecule has 0 spiro atoms. The van der Waals surface area contributed by atoms with E-state index in [0.29, 0.717) is 36.8 Å². The number of aromatic hydroxyl groups is 1. The van der Waals surface area contributed by atoms with E-state index < -0.39 is 11.0 Å². The number of hydrogen-bond donors (Lipinski definition) is 2. The first-order valence-corrected chi connectivity index (χ1v) is 9.30. The number of esters is 1.